The van der Waals surface area contributed by atoms with Crippen molar-refractivity contribution in [1.29, 1.82) is 0 Å². The molecule has 1 aliphatic heterocycles. The molecule has 0 bridgehead atoms. The molecule has 1 heteroatoms. The second-order valence-corrected chi connectivity index (χ2v) is 5.18. The average Bonchev–Trinajstić information content (AvgIpc) is 2.35. The molecule has 1 fully saturated rings. The molecule has 1 saturated heterocycles. The molecule has 1 aromatic rings. The van der Waals surface area contributed by atoms with E-state index in [0.717, 1.165) is 5.92 Å². The van der Waals surface area contributed by atoms with Crippen LogP contribution in [0, 0.1) is 26.7 Å². The van der Waals surface area contributed by atoms with Crippen LogP contribution in [0.4, 0.5) is 0 Å². The second kappa shape index (κ2) is 5.50. The Morgan fingerprint density at radius 2 is 1.71 bits per heavy atom. The zero-order valence-corrected chi connectivity index (χ0v) is 11.2. The van der Waals surface area contributed by atoms with Gasteiger partial charge in [0.1, 0.15) is 0 Å². The zero-order chi connectivity index (χ0) is 12.3. The Balaban J connectivity index is 2.17. The van der Waals surface area contributed by atoms with Crippen LogP contribution in [0.2, 0.25) is 0 Å². The predicted molar refractivity (Wildman–Crippen MR) is 75.3 cm³/mol. The smallest absolute Gasteiger partial charge is 0.00433 e. The van der Waals surface area contributed by atoms with Crippen LogP contribution in [0.3, 0.4) is 0 Å². The van der Waals surface area contributed by atoms with Gasteiger partial charge in [0, 0.05) is 0 Å². The molecule has 0 atom stereocenters. The van der Waals surface area contributed by atoms with Crippen LogP contribution in [-0.2, 0) is 0 Å². The third-order valence-corrected chi connectivity index (χ3v) is 3.92. The average molecular weight is 229 g/mol. The van der Waals surface area contributed by atoms with Gasteiger partial charge in [0.25, 0.3) is 0 Å². The summed E-state index contributed by atoms with van der Waals surface area (Å²) in [6.07, 6.45) is 7.31. The van der Waals surface area contributed by atoms with Gasteiger partial charge in [-0.3, -0.25) is 0 Å². The van der Waals surface area contributed by atoms with Crippen LogP contribution in [0.15, 0.2) is 18.2 Å². The van der Waals surface area contributed by atoms with E-state index in [1.807, 2.05) is 0 Å². The molecule has 0 saturated carbocycles. The number of rotatable bonds is 2. The van der Waals surface area contributed by atoms with E-state index in [1.54, 1.807) is 0 Å². The number of aryl methyl sites for hydroxylation is 2. The van der Waals surface area contributed by atoms with E-state index in [0.29, 0.717) is 0 Å². The molecule has 1 nitrogen and oxygen atoms in total. The van der Waals surface area contributed by atoms with E-state index in [4.69, 9.17) is 0 Å². The molecule has 1 heterocycles. The van der Waals surface area contributed by atoms with Crippen molar-refractivity contribution in [3.05, 3.63) is 40.5 Å². The number of benzene rings is 1. The standard InChI is InChI=1S/C16H23N/c1-12-4-5-13(2)16(14(12)3)7-6-15-8-10-17-11-9-15/h4-7,15,17H,8-11H2,1-3H3/b7-6+. The number of hydrogen-bond acceptors (Lipinski definition) is 1. The first-order valence-corrected chi connectivity index (χ1v) is 6.64. The van der Waals surface area contributed by atoms with E-state index < -0.39 is 0 Å². The van der Waals surface area contributed by atoms with E-state index in [2.05, 4.69) is 50.4 Å². The molecule has 0 spiro atoms. The molecule has 0 radical (unpaired) electrons. The summed E-state index contributed by atoms with van der Waals surface area (Å²) in [5.41, 5.74) is 5.62. The molecule has 1 aliphatic rings. The van der Waals surface area contributed by atoms with Gasteiger partial charge in [0.15, 0.2) is 0 Å². The van der Waals surface area contributed by atoms with Crippen molar-refractivity contribution in [2.75, 3.05) is 13.1 Å². The molecular weight excluding hydrogens is 206 g/mol. The highest BCUT2D eigenvalue weighted by molar-refractivity contribution is 5.59. The van der Waals surface area contributed by atoms with Crippen molar-refractivity contribution in [2.45, 2.75) is 33.6 Å². The van der Waals surface area contributed by atoms with Crippen molar-refractivity contribution in [3.8, 4) is 0 Å². The first-order chi connectivity index (χ1) is 8.18. The van der Waals surface area contributed by atoms with Crippen molar-refractivity contribution in [1.82, 2.24) is 5.32 Å². The molecule has 17 heavy (non-hydrogen) atoms. The minimum atomic E-state index is 0.760. The molecule has 92 valence electrons. The van der Waals surface area contributed by atoms with Crippen LogP contribution in [-0.4, -0.2) is 13.1 Å². The van der Waals surface area contributed by atoms with Crippen LogP contribution < -0.4 is 5.32 Å². The molecule has 1 aromatic carbocycles. The number of allylic oxidation sites excluding steroid dienone is 1. The van der Waals surface area contributed by atoms with Crippen LogP contribution in [0.1, 0.15) is 35.1 Å². The summed E-state index contributed by atoms with van der Waals surface area (Å²) < 4.78 is 0. The topological polar surface area (TPSA) is 12.0 Å². The third kappa shape index (κ3) is 2.98. The van der Waals surface area contributed by atoms with Gasteiger partial charge in [-0.15, -0.1) is 0 Å². The monoisotopic (exact) mass is 229 g/mol. The summed E-state index contributed by atoms with van der Waals surface area (Å²) in [5, 5.41) is 3.41. The Morgan fingerprint density at radius 1 is 1.06 bits per heavy atom. The first kappa shape index (κ1) is 12.4. The van der Waals surface area contributed by atoms with Gasteiger partial charge in [0.2, 0.25) is 0 Å². The highest BCUT2D eigenvalue weighted by atomic mass is 14.9. The molecular formula is C16H23N. The van der Waals surface area contributed by atoms with Crippen LogP contribution >= 0.6 is 0 Å². The van der Waals surface area contributed by atoms with Gasteiger partial charge < -0.3 is 5.32 Å². The lowest BCUT2D eigenvalue weighted by molar-refractivity contribution is 0.438. The van der Waals surface area contributed by atoms with Crippen molar-refractivity contribution >= 4 is 6.08 Å². The maximum Gasteiger partial charge on any atom is -0.00433 e. The van der Waals surface area contributed by atoms with E-state index in [9.17, 15) is 0 Å². The molecule has 0 amide bonds. The zero-order valence-electron chi connectivity index (χ0n) is 11.2. The van der Waals surface area contributed by atoms with Gasteiger partial charge in [-0.05, 0) is 74.9 Å². The van der Waals surface area contributed by atoms with E-state index in [-0.39, 0.29) is 0 Å². The SMILES string of the molecule is Cc1ccc(C)c(/C=C/C2CCNCC2)c1C. The molecule has 0 aromatic heterocycles. The second-order valence-electron chi connectivity index (χ2n) is 5.18. The first-order valence-electron chi connectivity index (χ1n) is 6.64. The Bertz CT molecular complexity index is 412. The third-order valence-electron chi connectivity index (χ3n) is 3.92. The summed E-state index contributed by atoms with van der Waals surface area (Å²) in [7, 11) is 0. The minimum absolute atomic E-state index is 0.760. The normalized spacial score (nSPS) is 17.8. The van der Waals surface area contributed by atoms with Gasteiger partial charge in [-0.2, -0.15) is 0 Å². The van der Waals surface area contributed by atoms with Crippen molar-refractivity contribution < 1.29 is 0 Å². The fourth-order valence-corrected chi connectivity index (χ4v) is 2.50. The quantitative estimate of drug-likeness (QED) is 0.816. The predicted octanol–water partition coefficient (Wildman–Crippen LogP) is 3.62. The summed E-state index contributed by atoms with van der Waals surface area (Å²) in [5.74, 6) is 0.760. The summed E-state index contributed by atoms with van der Waals surface area (Å²) in [6, 6.07) is 4.44. The van der Waals surface area contributed by atoms with Gasteiger partial charge >= 0.3 is 0 Å². The summed E-state index contributed by atoms with van der Waals surface area (Å²) >= 11 is 0. The Kier molecular flexibility index (Phi) is 4.01. The van der Waals surface area contributed by atoms with Gasteiger partial charge in [0.05, 0.1) is 0 Å². The molecule has 0 unspecified atom stereocenters. The Labute approximate surface area is 105 Å². The summed E-state index contributed by atoms with van der Waals surface area (Å²) in [6.45, 7) is 8.96. The van der Waals surface area contributed by atoms with E-state index >= 15 is 0 Å². The number of hydrogen-bond donors (Lipinski definition) is 1. The lowest BCUT2D eigenvalue weighted by Gasteiger charge is -2.19. The highest BCUT2D eigenvalue weighted by Crippen LogP contribution is 2.21. The van der Waals surface area contributed by atoms with Crippen molar-refractivity contribution in [3.63, 3.8) is 0 Å². The van der Waals surface area contributed by atoms with Crippen LogP contribution in [0.25, 0.3) is 6.08 Å². The van der Waals surface area contributed by atoms with Gasteiger partial charge in [-0.1, -0.05) is 24.3 Å². The fourth-order valence-electron chi connectivity index (χ4n) is 2.50. The lowest BCUT2D eigenvalue weighted by Crippen LogP contribution is -2.26. The van der Waals surface area contributed by atoms with E-state index in [1.165, 1.54) is 48.2 Å². The molecule has 1 N–H and O–H groups in total. The fraction of sp³-hybridized carbons (Fsp3) is 0.500. The van der Waals surface area contributed by atoms with Crippen molar-refractivity contribution in [2.24, 2.45) is 5.92 Å². The number of piperidine rings is 1. The van der Waals surface area contributed by atoms with Gasteiger partial charge in [-0.25, -0.2) is 0 Å². The minimum Gasteiger partial charge on any atom is -0.317 e. The van der Waals surface area contributed by atoms with Crippen LogP contribution in [0.5, 0.6) is 0 Å². The largest absolute Gasteiger partial charge is 0.317 e. The molecule has 2 rings (SSSR count). The Hall–Kier alpha value is -1.08. The lowest BCUT2D eigenvalue weighted by atomic mass is 9.93. The maximum absolute atomic E-state index is 3.41. The number of nitrogens with one attached hydrogen (secondary N) is 1. The molecule has 0 aliphatic carbocycles. The Morgan fingerprint density at radius 3 is 2.41 bits per heavy atom. The maximum atomic E-state index is 3.41. The highest BCUT2D eigenvalue weighted by Gasteiger charge is 2.09. The summed E-state index contributed by atoms with van der Waals surface area (Å²) in [4.78, 5) is 0.